The summed E-state index contributed by atoms with van der Waals surface area (Å²) in [6, 6.07) is 8.06. The molecule has 1 aromatic carbocycles. The summed E-state index contributed by atoms with van der Waals surface area (Å²) >= 11 is 5.99. The molecule has 2 amide bonds. The Balaban J connectivity index is 1.53. The number of nitrogens with two attached hydrogens (primary N) is 2. The number of anilines is 2. The van der Waals surface area contributed by atoms with Gasteiger partial charge in [0.15, 0.2) is 22.5 Å². The second-order valence-corrected chi connectivity index (χ2v) is 14.7. The molecule has 2 heterocycles. The van der Waals surface area contributed by atoms with Crippen LogP contribution in [0.5, 0.6) is 0 Å². The molecule has 1 aromatic heterocycles. The van der Waals surface area contributed by atoms with Crippen LogP contribution in [0.2, 0.25) is 5.15 Å². The molecule has 11 N–H and O–H groups in total. The Labute approximate surface area is 323 Å². The summed E-state index contributed by atoms with van der Waals surface area (Å²) < 4.78 is 0. The predicted octanol–water partition coefficient (Wildman–Crippen LogP) is 1.24. The number of nitrogen functional groups attached to an aromatic ring is 2. The minimum atomic E-state index is -1.70. The standard InChI is InChI=1S/C38H61ClN8O7/c1-4-5-6-9-15-46(22-29(49)33(52)34(53)30(50)23-48)16-14-31(51)47-17-12-26(13-18-47)20-42-25(3)28(19-27-11-8-7-10-24(27)2)21-43-38(54)32-36(40)45-37(41)35(39)44-32/h7-8,10-11,26,28-30,33-34,42,48-50,52-53H,3-6,9,12-23H2,1-2H3,(H,43,54)(H4,40,41,45)/t28-,29?,30+,33?,34?/m0/s1. The number of carbonyl (C=O) groups is 2. The van der Waals surface area contributed by atoms with Gasteiger partial charge >= 0.3 is 0 Å². The molecule has 0 aliphatic carbocycles. The highest BCUT2D eigenvalue weighted by Gasteiger charge is 2.31. The van der Waals surface area contributed by atoms with E-state index in [9.17, 15) is 30.0 Å². The lowest BCUT2D eigenvalue weighted by Crippen LogP contribution is -2.50. The third kappa shape index (κ3) is 13.9. The first kappa shape index (κ1) is 44.8. The van der Waals surface area contributed by atoms with E-state index in [-0.39, 0.29) is 53.8 Å². The number of unbranched alkanes of at least 4 members (excludes halogenated alkanes) is 3. The highest BCUT2D eigenvalue weighted by atomic mass is 35.5. The van der Waals surface area contributed by atoms with Crippen molar-refractivity contribution in [3.63, 3.8) is 0 Å². The van der Waals surface area contributed by atoms with E-state index in [1.54, 1.807) is 0 Å². The zero-order valence-electron chi connectivity index (χ0n) is 31.7. The zero-order chi connectivity index (χ0) is 39.8. The molecule has 54 heavy (non-hydrogen) atoms. The van der Waals surface area contributed by atoms with E-state index in [0.717, 1.165) is 55.3 Å². The fraction of sp³-hybridized carbons (Fsp3) is 0.632. The lowest BCUT2D eigenvalue weighted by Gasteiger charge is -2.34. The molecule has 3 rings (SSSR count). The summed E-state index contributed by atoms with van der Waals surface area (Å²) in [6.07, 6.45) is 0.155. The maximum atomic E-state index is 13.3. The van der Waals surface area contributed by atoms with Crippen molar-refractivity contribution in [2.45, 2.75) is 89.6 Å². The fourth-order valence-electron chi connectivity index (χ4n) is 6.54. The number of aliphatic hydroxyl groups is 5. The maximum absolute atomic E-state index is 13.3. The van der Waals surface area contributed by atoms with Gasteiger partial charge < -0.3 is 57.4 Å². The van der Waals surface area contributed by atoms with E-state index in [2.05, 4.69) is 40.2 Å². The summed E-state index contributed by atoms with van der Waals surface area (Å²) in [5.74, 6) is -0.539. The number of aryl methyl sites for hydroxylation is 1. The van der Waals surface area contributed by atoms with E-state index in [4.69, 9.17) is 28.2 Å². The molecule has 0 bridgehead atoms. The van der Waals surface area contributed by atoms with E-state index in [1.165, 1.54) is 0 Å². The first-order valence-electron chi connectivity index (χ1n) is 18.9. The fourth-order valence-corrected chi connectivity index (χ4v) is 6.67. The van der Waals surface area contributed by atoms with Gasteiger partial charge in [-0.05, 0) is 56.2 Å². The van der Waals surface area contributed by atoms with Crippen molar-refractivity contribution in [3.05, 3.63) is 58.5 Å². The summed E-state index contributed by atoms with van der Waals surface area (Å²) in [4.78, 5) is 38.0. The maximum Gasteiger partial charge on any atom is 0.273 e. The van der Waals surface area contributed by atoms with Gasteiger partial charge in [-0.15, -0.1) is 0 Å². The normalized spacial score (nSPS) is 16.4. The van der Waals surface area contributed by atoms with Crippen molar-refractivity contribution in [2.75, 3.05) is 63.9 Å². The Hall–Kier alpha value is -3.57. The third-order valence-corrected chi connectivity index (χ3v) is 10.5. The monoisotopic (exact) mass is 776 g/mol. The van der Waals surface area contributed by atoms with Gasteiger partial charge in [-0.2, -0.15) is 0 Å². The predicted molar refractivity (Wildman–Crippen MR) is 209 cm³/mol. The Kier molecular flexibility index (Phi) is 18.9. The van der Waals surface area contributed by atoms with Gasteiger partial charge in [-0.1, -0.05) is 68.6 Å². The zero-order valence-corrected chi connectivity index (χ0v) is 32.4. The minimum Gasteiger partial charge on any atom is -0.394 e. The van der Waals surface area contributed by atoms with Crippen molar-refractivity contribution in [3.8, 4) is 0 Å². The molecule has 2 aromatic rings. The molecule has 0 radical (unpaired) electrons. The first-order valence-corrected chi connectivity index (χ1v) is 19.3. The molecule has 5 atom stereocenters. The molecule has 15 nitrogen and oxygen atoms in total. The highest BCUT2D eigenvalue weighted by Crippen LogP contribution is 2.22. The van der Waals surface area contributed by atoms with Crippen LogP contribution in [0.25, 0.3) is 0 Å². The number of likely N-dealkylation sites (tertiary alicyclic amines) is 1. The summed E-state index contributed by atoms with van der Waals surface area (Å²) in [7, 11) is 0. The number of nitrogens with zero attached hydrogens (tertiary/aromatic N) is 4. The molecule has 0 spiro atoms. The number of carbonyl (C=O) groups excluding carboxylic acids is 2. The van der Waals surface area contributed by atoms with Crippen molar-refractivity contribution >= 4 is 35.1 Å². The van der Waals surface area contributed by atoms with Crippen LogP contribution in [0, 0.1) is 18.8 Å². The van der Waals surface area contributed by atoms with Gasteiger partial charge in [0.2, 0.25) is 5.91 Å². The molecule has 302 valence electrons. The Bertz CT molecular complexity index is 1500. The Morgan fingerprint density at radius 2 is 1.69 bits per heavy atom. The second-order valence-electron chi connectivity index (χ2n) is 14.3. The average molecular weight is 777 g/mol. The van der Waals surface area contributed by atoms with Crippen molar-refractivity contribution < 1.29 is 35.1 Å². The van der Waals surface area contributed by atoms with Crippen LogP contribution in [0.1, 0.15) is 73.5 Å². The topological polar surface area (TPSA) is 244 Å². The quantitative estimate of drug-likeness (QED) is 0.0723. The number of halogens is 1. The third-order valence-electron chi connectivity index (χ3n) is 10.2. The van der Waals surface area contributed by atoms with E-state index >= 15 is 0 Å². The number of piperidine rings is 1. The number of hydrogen-bond donors (Lipinski definition) is 9. The molecule has 1 aliphatic rings. The van der Waals surface area contributed by atoms with Gasteiger partial charge in [-0.25, -0.2) is 9.97 Å². The minimum absolute atomic E-state index is 0.0110. The van der Waals surface area contributed by atoms with Gasteiger partial charge in [0.05, 0.1) is 12.7 Å². The number of amides is 2. The van der Waals surface area contributed by atoms with Gasteiger partial charge in [0, 0.05) is 57.3 Å². The van der Waals surface area contributed by atoms with Crippen molar-refractivity contribution in [1.29, 1.82) is 0 Å². The number of rotatable bonds is 23. The number of hydrogen-bond acceptors (Lipinski definition) is 13. The molecule has 1 saturated heterocycles. The summed E-state index contributed by atoms with van der Waals surface area (Å²) in [6.45, 7) is 10.9. The number of aromatic nitrogens is 2. The van der Waals surface area contributed by atoms with Gasteiger partial charge in [0.25, 0.3) is 5.91 Å². The van der Waals surface area contributed by atoms with Gasteiger partial charge in [0.1, 0.15) is 18.3 Å². The number of benzene rings is 1. The molecule has 1 aliphatic heterocycles. The van der Waals surface area contributed by atoms with Crippen LogP contribution >= 0.6 is 11.6 Å². The number of aliphatic hydroxyl groups excluding tert-OH is 5. The summed E-state index contributed by atoms with van der Waals surface area (Å²) in [5, 5.41) is 56.1. The lowest BCUT2D eigenvalue weighted by atomic mass is 9.92. The summed E-state index contributed by atoms with van der Waals surface area (Å²) in [5.41, 5.74) is 14.5. The van der Waals surface area contributed by atoms with Crippen LogP contribution in [0.15, 0.2) is 36.5 Å². The Morgan fingerprint density at radius 3 is 2.35 bits per heavy atom. The second kappa shape index (κ2) is 22.7. The van der Waals surface area contributed by atoms with Crippen molar-refractivity contribution in [1.82, 2.24) is 30.4 Å². The largest absolute Gasteiger partial charge is 0.394 e. The lowest BCUT2D eigenvalue weighted by molar-refractivity contribution is -0.133. The molecule has 3 unspecified atom stereocenters. The van der Waals surface area contributed by atoms with Crippen molar-refractivity contribution in [2.24, 2.45) is 11.8 Å². The smallest absolute Gasteiger partial charge is 0.273 e. The van der Waals surface area contributed by atoms with Crippen LogP contribution in [0.4, 0.5) is 11.6 Å². The average Bonchev–Trinajstić information content (AvgIpc) is 3.17. The number of nitrogens with one attached hydrogen (secondary N) is 2. The molecular weight excluding hydrogens is 716 g/mol. The highest BCUT2D eigenvalue weighted by molar-refractivity contribution is 6.31. The first-order chi connectivity index (χ1) is 25.7. The van der Waals surface area contributed by atoms with Crippen LogP contribution in [-0.2, 0) is 11.2 Å². The van der Waals surface area contributed by atoms with Crippen LogP contribution < -0.4 is 22.1 Å². The molecule has 16 heteroatoms. The van der Waals surface area contributed by atoms with E-state index in [1.807, 2.05) is 34.9 Å². The Morgan fingerprint density at radius 1 is 1.00 bits per heavy atom. The van der Waals surface area contributed by atoms with Crippen LogP contribution in [-0.4, -0.2) is 134 Å². The molecule has 0 saturated carbocycles. The van der Waals surface area contributed by atoms with E-state index in [0.29, 0.717) is 45.1 Å². The SMILES string of the molecule is C=C(NCC1CCN(C(=O)CCN(CCCCCC)CC(O)C(O)C(O)[C@H](O)CO)CC1)[C@H](CNC(=O)c1nc(Cl)c(N)nc1N)Cc1ccccc1C. The van der Waals surface area contributed by atoms with Gasteiger partial charge in [-0.3, -0.25) is 9.59 Å². The molecular formula is C38H61ClN8O7. The molecule has 1 fully saturated rings. The van der Waals surface area contributed by atoms with E-state index < -0.39 is 36.9 Å². The van der Waals surface area contributed by atoms with Crippen LogP contribution in [0.3, 0.4) is 0 Å².